The van der Waals surface area contributed by atoms with Gasteiger partial charge in [-0.05, 0) is 48.9 Å². The van der Waals surface area contributed by atoms with Gasteiger partial charge in [-0.2, -0.15) is 0 Å². The molecular weight excluding hydrogens is 386 g/mol. The zero-order valence-electron chi connectivity index (χ0n) is 14.8. The SMILES string of the molecule is CCn1cnc2c(=O)n(-c3ccc(Cl)cc3)c(C(F)c3cccc(F)c3)nc21. The molecule has 2 aromatic carbocycles. The number of halogens is 3. The monoisotopic (exact) mass is 400 g/mol. The lowest BCUT2D eigenvalue weighted by atomic mass is 10.1. The van der Waals surface area contributed by atoms with Crippen LogP contribution in [-0.4, -0.2) is 19.1 Å². The molecule has 4 rings (SSSR count). The first-order valence-corrected chi connectivity index (χ1v) is 9.00. The molecule has 0 fully saturated rings. The molecule has 0 radical (unpaired) electrons. The summed E-state index contributed by atoms with van der Waals surface area (Å²) in [7, 11) is 0. The largest absolute Gasteiger partial charge is 0.315 e. The van der Waals surface area contributed by atoms with Crippen molar-refractivity contribution in [2.45, 2.75) is 19.6 Å². The van der Waals surface area contributed by atoms with Gasteiger partial charge in [0.2, 0.25) is 0 Å². The van der Waals surface area contributed by atoms with E-state index in [1.54, 1.807) is 28.8 Å². The standard InChI is InChI=1S/C20H15ClF2N4O/c1-2-26-11-24-17-19(26)25-18(16(23)12-4-3-5-14(22)10-12)27(20(17)28)15-8-6-13(21)7-9-15/h3-11,16H,2H2,1H3. The van der Waals surface area contributed by atoms with Crippen molar-refractivity contribution in [2.24, 2.45) is 0 Å². The van der Waals surface area contributed by atoms with Gasteiger partial charge in [-0.1, -0.05) is 23.7 Å². The zero-order chi connectivity index (χ0) is 19.8. The molecule has 0 aliphatic rings. The summed E-state index contributed by atoms with van der Waals surface area (Å²) in [5.41, 5.74) is 0.368. The number of rotatable bonds is 4. The number of fused-ring (bicyclic) bond motifs is 1. The lowest BCUT2D eigenvalue weighted by molar-refractivity contribution is 0.375. The second-order valence-corrected chi connectivity index (χ2v) is 6.64. The van der Waals surface area contributed by atoms with Gasteiger partial charge >= 0.3 is 0 Å². The Morgan fingerprint density at radius 1 is 1.18 bits per heavy atom. The molecule has 8 heteroatoms. The average Bonchev–Trinajstić information content (AvgIpc) is 3.11. The Morgan fingerprint density at radius 2 is 1.93 bits per heavy atom. The number of aromatic nitrogens is 4. The summed E-state index contributed by atoms with van der Waals surface area (Å²) < 4.78 is 31.9. The van der Waals surface area contributed by atoms with Crippen LogP contribution in [0.3, 0.4) is 0 Å². The van der Waals surface area contributed by atoms with E-state index in [1.807, 2.05) is 6.92 Å². The second-order valence-electron chi connectivity index (χ2n) is 6.21. The van der Waals surface area contributed by atoms with Crippen LogP contribution < -0.4 is 5.56 Å². The van der Waals surface area contributed by atoms with Gasteiger partial charge in [0.25, 0.3) is 5.56 Å². The molecule has 142 valence electrons. The average molecular weight is 401 g/mol. The van der Waals surface area contributed by atoms with Gasteiger partial charge in [0.1, 0.15) is 5.82 Å². The predicted molar refractivity (Wildman–Crippen MR) is 103 cm³/mol. The molecule has 0 saturated carbocycles. The van der Waals surface area contributed by atoms with Gasteiger partial charge in [0.05, 0.1) is 12.0 Å². The highest BCUT2D eigenvalue weighted by Gasteiger charge is 2.24. The van der Waals surface area contributed by atoms with E-state index in [1.165, 1.54) is 24.5 Å². The van der Waals surface area contributed by atoms with Gasteiger partial charge in [0.15, 0.2) is 23.2 Å². The van der Waals surface area contributed by atoms with Crippen LogP contribution in [0.2, 0.25) is 5.02 Å². The minimum Gasteiger partial charge on any atom is -0.315 e. The third kappa shape index (κ3) is 3.07. The molecule has 4 aromatic rings. The van der Waals surface area contributed by atoms with Gasteiger partial charge in [-0.15, -0.1) is 0 Å². The predicted octanol–water partition coefficient (Wildman–Crippen LogP) is 4.45. The fraction of sp³-hybridized carbons (Fsp3) is 0.150. The van der Waals surface area contributed by atoms with E-state index >= 15 is 4.39 Å². The zero-order valence-corrected chi connectivity index (χ0v) is 15.6. The maximum absolute atomic E-state index is 15.5. The summed E-state index contributed by atoms with van der Waals surface area (Å²) >= 11 is 5.94. The van der Waals surface area contributed by atoms with Crippen molar-refractivity contribution >= 4 is 22.8 Å². The highest BCUT2D eigenvalue weighted by molar-refractivity contribution is 6.30. The molecule has 0 saturated heterocycles. The number of hydrogen-bond acceptors (Lipinski definition) is 3. The summed E-state index contributed by atoms with van der Waals surface area (Å²) in [6, 6.07) is 11.6. The minimum atomic E-state index is -1.82. The number of imidazole rings is 1. The van der Waals surface area contributed by atoms with E-state index in [9.17, 15) is 9.18 Å². The van der Waals surface area contributed by atoms with E-state index in [0.29, 0.717) is 17.3 Å². The lowest BCUT2D eigenvalue weighted by Crippen LogP contribution is -2.25. The molecule has 1 atom stereocenters. The molecule has 0 N–H and O–H groups in total. The summed E-state index contributed by atoms with van der Waals surface area (Å²) in [5.74, 6) is -0.721. The van der Waals surface area contributed by atoms with Gasteiger partial charge in [-0.3, -0.25) is 9.36 Å². The Hall–Kier alpha value is -3.06. The fourth-order valence-corrected chi connectivity index (χ4v) is 3.19. The van der Waals surface area contributed by atoms with Crippen LogP contribution in [0.25, 0.3) is 16.9 Å². The van der Waals surface area contributed by atoms with E-state index < -0.39 is 17.5 Å². The van der Waals surface area contributed by atoms with Crippen molar-refractivity contribution in [2.75, 3.05) is 0 Å². The van der Waals surface area contributed by atoms with E-state index in [2.05, 4.69) is 9.97 Å². The normalized spacial score (nSPS) is 12.4. The van der Waals surface area contributed by atoms with Crippen molar-refractivity contribution in [3.05, 3.63) is 87.4 Å². The van der Waals surface area contributed by atoms with Crippen molar-refractivity contribution in [3.8, 4) is 5.69 Å². The van der Waals surface area contributed by atoms with E-state index in [-0.39, 0.29) is 22.6 Å². The first kappa shape index (κ1) is 18.3. The number of benzene rings is 2. The maximum Gasteiger partial charge on any atom is 0.286 e. The van der Waals surface area contributed by atoms with Gasteiger partial charge in [-0.25, -0.2) is 18.7 Å². The quantitative estimate of drug-likeness (QED) is 0.508. The Balaban J connectivity index is 2.02. The van der Waals surface area contributed by atoms with Crippen molar-refractivity contribution < 1.29 is 8.78 Å². The number of hydrogen-bond donors (Lipinski definition) is 0. The topological polar surface area (TPSA) is 52.7 Å². The molecule has 2 heterocycles. The number of nitrogens with zero attached hydrogens (tertiary/aromatic N) is 4. The van der Waals surface area contributed by atoms with Crippen LogP contribution in [0, 0.1) is 5.82 Å². The van der Waals surface area contributed by atoms with Crippen molar-refractivity contribution in [3.63, 3.8) is 0 Å². The first-order valence-electron chi connectivity index (χ1n) is 8.63. The Morgan fingerprint density at radius 3 is 2.61 bits per heavy atom. The van der Waals surface area contributed by atoms with Crippen LogP contribution in [-0.2, 0) is 6.54 Å². The molecule has 0 aliphatic carbocycles. The maximum atomic E-state index is 15.5. The summed E-state index contributed by atoms with van der Waals surface area (Å²) in [6.07, 6.45) is -0.325. The second kappa shape index (κ2) is 7.16. The molecule has 1 unspecified atom stereocenters. The van der Waals surface area contributed by atoms with Gasteiger partial charge in [0, 0.05) is 11.6 Å². The first-order chi connectivity index (χ1) is 13.5. The Labute approximate surface area is 163 Å². The van der Waals surface area contributed by atoms with Crippen LogP contribution in [0.4, 0.5) is 8.78 Å². The molecule has 0 bridgehead atoms. The molecule has 0 amide bonds. The molecule has 0 spiro atoms. The summed E-state index contributed by atoms with van der Waals surface area (Å²) in [5, 5.41) is 0.476. The fourth-order valence-electron chi connectivity index (χ4n) is 3.07. The third-order valence-corrected chi connectivity index (χ3v) is 4.71. The van der Waals surface area contributed by atoms with E-state index in [0.717, 1.165) is 10.6 Å². The third-order valence-electron chi connectivity index (χ3n) is 4.46. The molecular formula is C20H15ClF2N4O. The van der Waals surface area contributed by atoms with Gasteiger partial charge < -0.3 is 4.57 Å². The lowest BCUT2D eigenvalue weighted by Gasteiger charge is -2.16. The summed E-state index contributed by atoms with van der Waals surface area (Å²) in [6.45, 7) is 2.39. The van der Waals surface area contributed by atoms with E-state index in [4.69, 9.17) is 11.6 Å². The molecule has 2 aromatic heterocycles. The Kier molecular flexibility index (Phi) is 4.68. The highest BCUT2D eigenvalue weighted by Crippen LogP contribution is 2.27. The van der Waals surface area contributed by atoms with Crippen LogP contribution in [0.5, 0.6) is 0 Å². The number of aryl methyl sites for hydroxylation is 1. The van der Waals surface area contributed by atoms with Crippen LogP contribution >= 0.6 is 11.6 Å². The molecule has 5 nitrogen and oxygen atoms in total. The minimum absolute atomic E-state index is 0.0662. The Bertz CT molecular complexity index is 1220. The molecule has 0 aliphatic heterocycles. The van der Waals surface area contributed by atoms with Crippen LogP contribution in [0.1, 0.15) is 24.5 Å². The van der Waals surface area contributed by atoms with Crippen molar-refractivity contribution in [1.82, 2.24) is 19.1 Å². The smallest absolute Gasteiger partial charge is 0.286 e. The van der Waals surface area contributed by atoms with Crippen LogP contribution in [0.15, 0.2) is 59.7 Å². The highest BCUT2D eigenvalue weighted by atomic mass is 35.5. The number of alkyl halides is 1. The summed E-state index contributed by atoms with van der Waals surface area (Å²) in [4.78, 5) is 21.7. The molecule has 28 heavy (non-hydrogen) atoms. The van der Waals surface area contributed by atoms with Crippen molar-refractivity contribution in [1.29, 1.82) is 0 Å².